The van der Waals surface area contributed by atoms with E-state index in [0.717, 1.165) is 32.8 Å². The van der Waals surface area contributed by atoms with E-state index in [1.807, 2.05) is 0 Å². The van der Waals surface area contributed by atoms with E-state index in [-0.39, 0.29) is 0 Å². The summed E-state index contributed by atoms with van der Waals surface area (Å²) in [5.41, 5.74) is 0. The van der Waals surface area contributed by atoms with Crippen molar-refractivity contribution < 1.29 is 4.74 Å². The zero-order valence-corrected chi connectivity index (χ0v) is 12.4. The Kier molecular flexibility index (Phi) is 9.54. The molecule has 0 bridgehead atoms. The van der Waals surface area contributed by atoms with Gasteiger partial charge in [0.25, 0.3) is 0 Å². The van der Waals surface area contributed by atoms with Gasteiger partial charge < -0.3 is 15.0 Å². The lowest BCUT2D eigenvalue weighted by atomic mass is 10.1. The summed E-state index contributed by atoms with van der Waals surface area (Å²) < 4.78 is 5.72. The second kappa shape index (κ2) is 10.8. The van der Waals surface area contributed by atoms with Crippen LogP contribution in [0.4, 0.5) is 0 Å². The first-order valence-corrected chi connectivity index (χ1v) is 7.83. The predicted molar refractivity (Wildman–Crippen MR) is 78.1 cm³/mol. The van der Waals surface area contributed by atoms with Crippen LogP contribution >= 0.6 is 0 Å². The smallest absolute Gasteiger partial charge is 0.0826 e. The highest BCUT2D eigenvalue weighted by atomic mass is 16.5. The molecule has 0 aromatic carbocycles. The Bertz CT molecular complexity index is 187. The van der Waals surface area contributed by atoms with Crippen LogP contribution in [0.25, 0.3) is 0 Å². The van der Waals surface area contributed by atoms with Crippen molar-refractivity contribution in [2.75, 3.05) is 39.8 Å². The number of likely N-dealkylation sites (N-methyl/N-ethyl adjacent to an activating group) is 1. The quantitative estimate of drug-likeness (QED) is 0.608. The molecule has 1 fully saturated rings. The molecule has 1 rings (SSSR count). The Hall–Kier alpha value is -0.120. The molecule has 1 heterocycles. The van der Waals surface area contributed by atoms with Crippen molar-refractivity contribution in [1.82, 2.24) is 10.2 Å². The molecule has 0 aromatic rings. The summed E-state index contributed by atoms with van der Waals surface area (Å²) in [6.07, 6.45) is 10.1. The monoisotopic (exact) mass is 256 g/mol. The highest BCUT2D eigenvalue weighted by Gasteiger charge is 2.16. The van der Waals surface area contributed by atoms with Gasteiger partial charge in [-0.3, -0.25) is 0 Å². The molecule has 1 unspecified atom stereocenters. The van der Waals surface area contributed by atoms with Crippen LogP contribution in [-0.2, 0) is 4.74 Å². The Balaban J connectivity index is 1.80. The molecule has 1 atom stereocenters. The summed E-state index contributed by atoms with van der Waals surface area (Å²) in [6, 6.07) is 0. The number of hydrogen-bond donors (Lipinski definition) is 1. The molecule has 1 saturated heterocycles. The molecule has 18 heavy (non-hydrogen) atoms. The SMILES string of the molecule is CCCCCCCCCNCC1CN(C)CCO1. The van der Waals surface area contributed by atoms with Crippen LogP contribution in [0.2, 0.25) is 0 Å². The van der Waals surface area contributed by atoms with Gasteiger partial charge in [0, 0.05) is 19.6 Å². The van der Waals surface area contributed by atoms with Gasteiger partial charge >= 0.3 is 0 Å². The topological polar surface area (TPSA) is 24.5 Å². The molecule has 3 nitrogen and oxygen atoms in total. The number of nitrogens with zero attached hydrogens (tertiary/aromatic N) is 1. The fraction of sp³-hybridized carbons (Fsp3) is 1.00. The fourth-order valence-electron chi connectivity index (χ4n) is 2.46. The number of morpholine rings is 1. The Labute approximate surface area is 113 Å². The molecule has 0 radical (unpaired) electrons. The normalized spacial score (nSPS) is 21.3. The van der Waals surface area contributed by atoms with E-state index in [2.05, 4.69) is 24.2 Å². The molecule has 0 aromatic heterocycles. The summed E-state index contributed by atoms with van der Waals surface area (Å²) in [6.45, 7) is 7.48. The number of hydrogen-bond acceptors (Lipinski definition) is 3. The van der Waals surface area contributed by atoms with E-state index < -0.39 is 0 Å². The lowest BCUT2D eigenvalue weighted by Gasteiger charge is -2.30. The first-order valence-electron chi connectivity index (χ1n) is 7.83. The largest absolute Gasteiger partial charge is 0.374 e. The van der Waals surface area contributed by atoms with Gasteiger partial charge in [-0.05, 0) is 20.0 Å². The first-order chi connectivity index (χ1) is 8.83. The average molecular weight is 256 g/mol. The Morgan fingerprint density at radius 3 is 2.56 bits per heavy atom. The summed E-state index contributed by atoms with van der Waals surface area (Å²) in [4.78, 5) is 2.35. The van der Waals surface area contributed by atoms with E-state index in [4.69, 9.17) is 4.74 Å². The van der Waals surface area contributed by atoms with Crippen molar-refractivity contribution in [3.8, 4) is 0 Å². The van der Waals surface area contributed by atoms with E-state index in [0.29, 0.717) is 6.10 Å². The molecule has 1 aliphatic rings. The molecule has 0 saturated carbocycles. The van der Waals surface area contributed by atoms with Gasteiger partial charge in [0.1, 0.15) is 0 Å². The molecule has 1 N–H and O–H groups in total. The number of nitrogens with one attached hydrogen (secondary N) is 1. The summed E-state index contributed by atoms with van der Waals surface area (Å²) >= 11 is 0. The summed E-state index contributed by atoms with van der Waals surface area (Å²) in [5.74, 6) is 0. The highest BCUT2D eigenvalue weighted by Crippen LogP contribution is 2.06. The minimum absolute atomic E-state index is 0.397. The predicted octanol–water partition coefficient (Wildman–Crippen LogP) is 2.66. The van der Waals surface area contributed by atoms with Crippen LogP contribution in [0.15, 0.2) is 0 Å². The molecular formula is C15H32N2O. The van der Waals surface area contributed by atoms with Gasteiger partial charge in [0.05, 0.1) is 12.7 Å². The lowest BCUT2D eigenvalue weighted by Crippen LogP contribution is -2.44. The molecule has 3 heteroatoms. The molecular weight excluding hydrogens is 224 g/mol. The molecule has 0 amide bonds. The van der Waals surface area contributed by atoms with Crippen LogP contribution in [0, 0.1) is 0 Å². The van der Waals surface area contributed by atoms with Crippen LogP contribution in [0.3, 0.4) is 0 Å². The Morgan fingerprint density at radius 2 is 1.83 bits per heavy atom. The molecule has 1 aliphatic heterocycles. The van der Waals surface area contributed by atoms with Crippen LogP contribution in [-0.4, -0.2) is 50.8 Å². The zero-order valence-electron chi connectivity index (χ0n) is 12.4. The van der Waals surface area contributed by atoms with E-state index in [9.17, 15) is 0 Å². The number of ether oxygens (including phenoxy) is 1. The molecule has 0 spiro atoms. The standard InChI is InChI=1S/C15H32N2O/c1-3-4-5-6-7-8-9-10-16-13-15-14-17(2)11-12-18-15/h15-16H,3-14H2,1-2H3. The summed E-state index contributed by atoms with van der Waals surface area (Å²) in [5, 5.41) is 3.53. The van der Waals surface area contributed by atoms with E-state index >= 15 is 0 Å². The maximum absolute atomic E-state index is 5.72. The van der Waals surface area contributed by atoms with E-state index in [1.54, 1.807) is 0 Å². The Morgan fingerprint density at radius 1 is 1.11 bits per heavy atom. The van der Waals surface area contributed by atoms with Crippen LogP contribution < -0.4 is 5.32 Å². The fourth-order valence-corrected chi connectivity index (χ4v) is 2.46. The van der Waals surface area contributed by atoms with Gasteiger partial charge in [0.15, 0.2) is 0 Å². The molecule has 0 aliphatic carbocycles. The number of unbranched alkanes of at least 4 members (excludes halogenated alkanes) is 6. The van der Waals surface area contributed by atoms with Crippen molar-refractivity contribution in [2.45, 2.75) is 58.0 Å². The van der Waals surface area contributed by atoms with Gasteiger partial charge in [-0.25, -0.2) is 0 Å². The number of rotatable bonds is 10. The van der Waals surface area contributed by atoms with Crippen LogP contribution in [0.5, 0.6) is 0 Å². The van der Waals surface area contributed by atoms with Crippen molar-refractivity contribution >= 4 is 0 Å². The van der Waals surface area contributed by atoms with Crippen molar-refractivity contribution in [3.63, 3.8) is 0 Å². The second-order valence-electron chi connectivity index (χ2n) is 5.58. The highest BCUT2D eigenvalue weighted by molar-refractivity contribution is 4.70. The van der Waals surface area contributed by atoms with Crippen molar-refractivity contribution in [2.24, 2.45) is 0 Å². The minimum Gasteiger partial charge on any atom is -0.374 e. The van der Waals surface area contributed by atoms with Gasteiger partial charge in [0.2, 0.25) is 0 Å². The van der Waals surface area contributed by atoms with Crippen LogP contribution in [0.1, 0.15) is 51.9 Å². The van der Waals surface area contributed by atoms with Crippen molar-refractivity contribution in [1.29, 1.82) is 0 Å². The maximum Gasteiger partial charge on any atom is 0.0826 e. The lowest BCUT2D eigenvalue weighted by molar-refractivity contribution is -0.0180. The van der Waals surface area contributed by atoms with E-state index in [1.165, 1.54) is 44.9 Å². The second-order valence-corrected chi connectivity index (χ2v) is 5.58. The third-order valence-electron chi connectivity index (χ3n) is 3.67. The summed E-state index contributed by atoms with van der Waals surface area (Å²) in [7, 11) is 2.17. The minimum atomic E-state index is 0.397. The van der Waals surface area contributed by atoms with Gasteiger partial charge in [-0.2, -0.15) is 0 Å². The zero-order chi connectivity index (χ0) is 13.1. The average Bonchev–Trinajstić information content (AvgIpc) is 2.37. The third-order valence-corrected chi connectivity index (χ3v) is 3.67. The third kappa shape index (κ3) is 8.06. The van der Waals surface area contributed by atoms with Gasteiger partial charge in [-0.15, -0.1) is 0 Å². The maximum atomic E-state index is 5.72. The van der Waals surface area contributed by atoms with Crippen molar-refractivity contribution in [3.05, 3.63) is 0 Å². The van der Waals surface area contributed by atoms with Gasteiger partial charge in [-0.1, -0.05) is 45.4 Å². The first kappa shape index (κ1) is 15.9. The molecule has 108 valence electrons.